The molecule has 0 aromatic heterocycles. The fourth-order valence-corrected chi connectivity index (χ4v) is 3.76. The van der Waals surface area contributed by atoms with Crippen LogP contribution in [0.1, 0.15) is 59.3 Å². The molecular weight excluding hydrogens is 264 g/mol. The highest BCUT2D eigenvalue weighted by Gasteiger charge is 2.55. The van der Waals surface area contributed by atoms with Crippen molar-refractivity contribution in [2.45, 2.75) is 70.9 Å². The average molecular weight is 292 g/mol. The summed E-state index contributed by atoms with van der Waals surface area (Å²) in [6, 6.07) is -0.259. The Bertz CT molecular complexity index is 440. The molecule has 0 spiro atoms. The zero-order valence-electron chi connectivity index (χ0n) is 13.5. The normalized spacial score (nSPS) is 34.1. The zero-order valence-corrected chi connectivity index (χ0v) is 13.5. The van der Waals surface area contributed by atoms with Crippen LogP contribution in [-0.2, 0) is 9.59 Å². The van der Waals surface area contributed by atoms with E-state index >= 15 is 0 Å². The maximum absolute atomic E-state index is 13.1. The molecule has 0 bridgehead atoms. The van der Waals surface area contributed by atoms with E-state index in [9.17, 15) is 9.59 Å². The van der Waals surface area contributed by atoms with E-state index in [4.69, 9.17) is 0 Å². The number of rotatable bonds is 5. The molecule has 1 aliphatic heterocycles. The van der Waals surface area contributed by atoms with Crippen molar-refractivity contribution in [1.82, 2.24) is 10.2 Å². The summed E-state index contributed by atoms with van der Waals surface area (Å²) >= 11 is 0. The lowest BCUT2D eigenvalue weighted by Crippen LogP contribution is -2.70. The Hall–Kier alpha value is -1.06. The van der Waals surface area contributed by atoms with E-state index in [0.29, 0.717) is 17.8 Å². The van der Waals surface area contributed by atoms with Gasteiger partial charge in [-0.05, 0) is 56.8 Å². The van der Waals surface area contributed by atoms with E-state index < -0.39 is 5.54 Å². The van der Waals surface area contributed by atoms with Crippen molar-refractivity contribution in [2.24, 2.45) is 17.8 Å². The minimum Gasteiger partial charge on any atom is -0.340 e. The Morgan fingerprint density at radius 3 is 2.38 bits per heavy atom. The van der Waals surface area contributed by atoms with E-state index in [1.807, 2.05) is 11.8 Å². The van der Waals surface area contributed by atoms with Gasteiger partial charge in [-0.15, -0.1) is 0 Å². The first-order chi connectivity index (χ1) is 9.91. The van der Waals surface area contributed by atoms with Gasteiger partial charge in [0.1, 0.15) is 11.6 Å². The van der Waals surface area contributed by atoms with Gasteiger partial charge >= 0.3 is 0 Å². The number of hydrogen-bond acceptors (Lipinski definition) is 2. The number of amides is 2. The average Bonchev–Trinajstić information content (AvgIpc) is 3.17. The lowest BCUT2D eigenvalue weighted by Gasteiger charge is -2.47. The van der Waals surface area contributed by atoms with Crippen LogP contribution in [0.25, 0.3) is 0 Å². The van der Waals surface area contributed by atoms with Gasteiger partial charge in [0.15, 0.2) is 0 Å². The summed E-state index contributed by atoms with van der Waals surface area (Å²) in [5, 5.41) is 3.07. The molecule has 2 saturated carbocycles. The predicted octanol–water partition coefficient (Wildman–Crippen LogP) is 2.33. The second-order valence-electron chi connectivity index (χ2n) is 7.87. The molecular formula is C17H28N2O2. The molecule has 1 saturated heterocycles. The maximum atomic E-state index is 13.1. The van der Waals surface area contributed by atoms with Crippen LogP contribution in [0.4, 0.5) is 0 Å². The Morgan fingerprint density at radius 1 is 1.24 bits per heavy atom. The molecule has 4 nitrogen and oxygen atoms in total. The smallest absolute Gasteiger partial charge is 0.249 e. The molecule has 4 heteroatoms. The van der Waals surface area contributed by atoms with Gasteiger partial charge in [-0.2, -0.15) is 0 Å². The van der Waals surface area contributed by atoms with Gasteiger partial charge in [-0.1, -0.05) is 20.3 Å². The summed E-state index contributed by atoms with van der Waals surface area (Å²) in [6.45, 7) is 6.96. The third-order valence-electron chi connectivity index (χ3n) is 5.54. The van der Waals surface area contributed by atoms with Gasteiger partial charge in [0.25, 0.3) is 0 Å². The maximum Gasteiger partial charge on any atom is 0.249 e. The fourth-order valence-electron chi connectivity index (χ4n) is 3.76. The molecule has 21 heavy (non-hydrogen) atoms. The highest BCUT2D eigenvalue weighted by Crippen LogP contribution is 2.43. The van der Waals surface area contributed by atoms with Crippen LogP contribution < -0.4 is 5.32 Å². The fraction of sp³-hybridized carbons (Fsp3) is 0.882. The summed E-state index contributed by atoms with van der Waals surface area (Å²) in [5.41, 5.74) is -0.645. The zero-order chi connectivity index (χ0) is 15.2. The Labute approximate surface area is 127 Å². The molecule has 0 radical (unpaired) electrons. The molecule has 118 valence electrons. The van der Waals surface area contributed by atoms with Gasteiger partial charge < -0.3 is 10.2 Å². The van der Waals surface area contributed by atoms with Gasteiger partial charge in [0.05, 0.1) is 0 Å². The van der Waals surface area contributed by atoms with Crippen LogP contribution in [0.3, 0.4) is 0 Å². The van der Waals surface area contributed by atoms with Crippen molar-refractivity contribution in [1.29, 1.82) is 0 Å². The third kappa shape index (κ3) is 2.69. The molecule has 0 aromatic carbocycles. The molecule has 3 aliphatic rings. The Kier molecular flexibility index (Phi) is 3.74. The third-order valence-corrected chi connectivity index (χ3v) is 5.54. The van der Waals surface area contributed by atoms with Crippen LogP contribution >= 0.6 is 0 Å². The van der Waals surface area contributed by atoms with E-state index in [1.54, 1.807) is 0 Å². The van der Waals surface area contributed by atoms with Gasteiger partial charge in [-0.25, -0.2) is 0 Å². The quantitative estimate of drug-likeness (QED) is 0.845. The van der Waals surface area contributed by atoms with Crippen LogP contribution in [0.2, 0.25) is 0 Å². The topological polar surface area (TPSA) is 49.4 Å². The van der Waals surface area contributed by atoms with Gasteiger partial charge in [0, 0.05) is 6.54 Å². The standard InChI is InChI=1S/C17H28N2O2/c1-11(2)9-14-15(20)18-17(3,13-7-8-13)16(21)19(14)10-12-5-4-6-12/h11-14H,4-10H2,1-3H3,(H,18,20). The van der Waals surface area contributed by atoms with Crippen LogP contribution in [-0.4, -0.2) is 34.8 Å². The van der Waals surface area contributed by atoms with Gasteiger partial charge in [0.2, 0.25) is 11.8 Å². The van der Waals surface area contributed by atoms with Crippen molar-refractivity contribution in [3.63, 3.8) is 0 Å². The lowest BCUT2D eigenvalue weighted by atomic mass is 9.82. The van der Waals surface area contributed by atoms with E-state index in [2.05, 4.69) is 19.2 Å². The molecule has 2 unspecified atom stereocenters. The number of hydrogen-bond donors (Lipinski definition) is 1. The molecule has 3 fully saturated rings. The molecule has 0 aromatic rings. The Balaban J connectivity index is 1.82. The highest BCUT2D eigenvalue weighted by molar-refractivity contribution is 6.00. The molecule has 1 heterocycles. The number of nitrogens with one attached hydrogen (secondary N) is 1. The number of nitrogens with zero attached hydrogens (tertiary/aromatic N) is 1. The number of carbonyl (C=O) groups excluding carboxylic acids is 2. The van der Waals surface area contributed by atoms with E-state index in [-0.39, 0.29) is 17.9 Å². The van der Waals surface area contributed by atoms with Crippen molar-refractivity contribution >= 4 is 11.8 Å². The number of piperazine rings is 1. The molecule has 2 amide bonds. The molecule has 1 N–H and O–H groups in total. The highest BCUT2D eigenvalue weighted by atomic mass is 16.2. The Morgan fingerprint density at radius 2 is 1.90 bits per heavy atom. The van der Waals surface area contributed by atoms with E-state index in [0.717, 1.165) is 25.8 Å². The minimum absolute atomic E-state index is 0.0667. The van der Waals surface area contributed by atoms with Crippen molar-refractivity contribution in [3.05, 3.63) is 0 Å². The molecule has 3 rings (SSSR count). The molecule has 2 atom stereocenters. The van der Waals surface area contributed by atoms with Crippen molar-refractivity contribution in [3.8, 4) is 0 Å². The van der Waals surface area contributed by atoms with Gasteiger partial charge in [-0.3, -0.25) is 9.59 Å². The summed E-state index contributed by atoms with van der Waals surface area (Å²) in [7, 11) is 0. The second kappa shape index (κ2) is 5.29. The van der Waals surface area contributed by atoms with Crippen LogP contribution in [0, 0.1) is 17.8 Å². The first-order valence-electron chi connectivity index (χ1n) is 8.55. The SMILES string of the molecule is CC(C)CC1C(=O)NC(C)(C2CC2)C(=O)N1CC1CCC1. The summed E-state index contributed by atoms with van der Waals surface area (Å²) < 4.78 is 0. The minimum atomic E-state index is -0.645. The summed E-state index contributed by atoms with van der Waals surface area (Å²) in [5.74, 6) is 1.61. The summed E-state index contributed by atoms with van der Waals surface area (Å²) in [4.78, 5) is 27.6. The van der Waals surface area contributed by atoms with E-state index in [1.165, 1.54) is 19.3 Å². The summed E-state index contributed by atoms with van der Waals surface area (Å²) in [6.07, 6.45) is 6.59. The lowest BCUT2D eigenvalue weighted by molar-refractivity contribution is -0.157. The molecule has 2 aliphatic carbocycles. The number of carbonyl (C=O) groups is 2. The largest absolute Gasteiger partial charge is 0.340 e. The van der Waals surface area contributed by atoms with Crippen LogP contribution in [0.15, 0.2) is 0 Å². The van der Waals surface area contributed by atoms with Crippen LogP contribution in [0.5, 0.6) is 0 Å². The predicted molar refractivity (Wildman–Crippen MR) is 81.6 cm³/mol. The first-order valence-corrected chi connectivity index (χ1v) is 8.55. The van der Waals surface area contributed by atoms with Crippen molar-refractivity contribution < 1.29 is 9.59 Å². The second-order valence-corrected chi connectivity index (χ2v) is 7.87. The monoisotopic (exact) mass is 292 g/mol. The first kappa shape index (κ1) is 14.9. The van der Waals surface area contributed by atoms with Crippen molar-refractivity contribution in [2.75, 3.05) is 6.54 Å².